The Bertz CT molecular complexity index is 1560. The number of pyridine rings is 1. The number of carbonyl (C=O) groups excluding carboxylic acids is 2. The molecule has 36 heavy (non-hydrogen) atoms. The zero-order chi connectivity index (χ0) is 25.0. The number of likely N-dealkylation sites (N-methyl/N-ethyl adjacent to an activating group) is 1. The van der Waals surface area contributed by atoms with Crippen molar-refractivity contribution in [3.63, 3.8) is 0 Å². The van der Waals surface area contributed by atoms with E-state index in [-0.39, 0.29) is 17.3 Å². The van der Waals surface area contributed by atoms with Gasteiger partial charge in [-0.15, -0.1) is 0 Å². The average Bonchev–Trinajstić information content (AvgIpc) is 3.42. The van der Waals surface area contributed by atoms with Crippen molar-refractivity contribution in [2.24, 2.45) is 0 Å². The number of ketones is 1. The highest BCUT2D eigenvalue weighted by Crippen LogP contribution is 2.42. The molecule has 4 aromatic rings. The van der Waals surface area contributed by atoms with Crippen molar-refractivity contribution in [2.75, 3.05) is 30.0 Å². The molecule has 9 nitrogen and oxygen atoms in total. The minimum Gasteiger partial charge on any atom is -0.507 e. The summed E-state index contributed by atoms with van der Waals surface area (Å²) in [5.74, 6) is -0.881. The van der Waals surface area contributed by atoms with Crippen LogP contribution in [0.1, 0.15) is 22.7 Å². The molecular weight excluding hydrogens is 458 g/mol. The topological polar surface area (TPSA) is 112 Å². The molecule has 1 saturated heterocycles. The number of imidazole rings is 1. The number of amides is 1. The van der Waals surface area contributed by atoms with Crippen molar-refractivity contribution < 1.29 is 19.4 Å². The molecule has 1 amide bonds. The smallest absolute Gasteiger partial charge is 0.302 e. The minimum atomic E-state index is -0.889. The van der Waals surface area contributed by atoms with Gasteiger partial charge in [0.05, 0.1) is 34.9 Å². The van der Waals surface area contributed by atoms with Crippen LogP contribution < -0.4 is 14.5 Å². The normalized spacial score (nSPS) is 19.0. The van der Waals surface area contributed by atoms with Gasteiger partial charge in [0.15, 0.2) is 0 Å². The third-order valence-electron chi connectivity index (χ3n) is 6.65. The van der Waals surface area contributed by atoms with Crippen LogP contribution in [0.3, 0.4) is 0 Å². The van der Waals surface area contributed by atoms with E-state index in [4.69, 9.17) is 4.74 Å². The van der Waals surface area contributed by atoms with Crippen LogP contribution in [0.25, 0.3) is 16.8 Å². The summed E-state index contributed by atoms with van der Waals surface area (Å²) >= 11 is 0. The lowest BCUT2D eigenvalue weighted by Crippen LogP contribution is -2.30. The number of nitrogens with zero attached hydrogens (tertiary/aromatic N) is 4. The Balaban J connectivity index is 1.53. The maximum absolute atomic E-state index is 13.4. The second-order valence-corrected chi connectivity index (χ2v) is 8.98. The number of aliphatic hydroxyl groups is 1. The molecule has 4 heterocycles. The summed E-state index contributed by atoms with van der Waals surface area (Å²) in [5.41, 5.74) is 4.28. The Morgan fingerprint density at radius 2 is 1.92 bits per heavy atom. The van der Waals surface area contributed by atoms with Crippen molar-refractivity contribution in [1.29, 1.82) is 0 Å². The van der Waals surface area contributed by atoms with Gasteiger partial charge in [-0.1, -0.05) is 6.07 Å². The summed E-state index contributed by atoms with van der Waals surface area (Å²) in [5, 5.41) is 11.4. The number of aryl methyl sites for hydroxylation is 1. The molecule has 180 valence electrons. The molecule has 2 N–H and O–H groups in total. The summed E-state index contributed by atoms with van der Waals surface area (Å²) in [7, 11) is 1.93. The van der Waals surface area contributed by atoms with E-state index in [1.807, 2.05) is 37.1 Å². The summed E-state index contributed by atoms with van der Waals surface area (Å²) in [6.45, 7) is 3.23. The molecule has 2 aromatic heterocycles. The van der Waals surface area contributed by atoms with Gasteiger partial charge in [-0.2, -0.15) is 0 Å². The Kier molecular flexibility index (Phi) is 4.99. The van der Waals surface area contributed by atoms with Gasteiger partial charge in [-0.05, 0) is 60.5 Å². The third kappa shape index (κ3) is 3.39. The molecule has 2 aromatic carbocycles. The Hall–Kier alpha value is -4.66. The number of fused-ring (bicyclic) bond motifs is 2. The molecule has 6 rings (SSSR count). The fraction of sp³-hybridized carbons (Fsp3) is 0.185. The first-order chi connectivity index (χ1) is 17.4. The molecular formula is C27H23N5O4. The minimum absolute atomic E-state index is 0.0119. The van der Waals surface area contributed by atoms with Crippen LogP contribution >= 0.6 is 0 Å². The number of aliphatic hydroxyl groups excluding tert-OH is 1. The highest BCUT2D eigenvalue weighted by atomic mass is 16.5. The number of aromatic nitrogens is 3. The highest BCUT2D eigenvalue weighted by Gasteiger charge is 2.48. The number of aromatic amines is 1. The number of ether oxygens (including phenoxy) is 1. The molecule has 1 atom stereocenters. The summed E-state index contributed by atoms with van der Waals surface area (Å²) in [6.07, 6.45) is 3.17. The van der Waals surface area contributed by atoms with Crippen LogP contribution in [0.5, 0.6) is 5.75 Å². The molecule has 0 spiro atoms. The van der Waals surface area contributed by atoms with Crippen LogP contribution in [0, 0.1) is 6.92 Å². The number of nitrogens with one attached hydrogen (secondary N) is 1. The number of rotatable bonds is 3. The monoisotopic (exact) mass is 481 g/mol. The number of Topliss-reactive ketones (excluding diaryl/α,β-unsaturated/α-hetero) is 1. The summed E-state index contributed by atoms with van der Waals surface area (Å²) < 4.78 is 5.71. The lowest BCUT2D eigenvalue weighted by Gasteiger charge is -2.28. The summed E-state index contributed by atoms with van der Waals surface area (Å²) in [4.78, 5) is 42.0. The molecule has 9 heteroatoms. The van der Waals surface area contributed by atoms with E-state index in [0.29, 0.717) is 35.5 Å². The van der Waals surface area contributed by atoms with E-state index in [0.717, 1.165) is 16.8 Å². The first-order valence-corrected chi connectivity index (χ1v) is 11.6. The number of H-pyrrole nitrogens is 1. The zero-order valence-corrected chi connectivity index (χ0v) is 19.7. The standard InChI is InChI=1S/C27H23N5O4/c1-15-3-5-18-19(13-15)30-27(29-18)32-23(16-7-9-28-10-8-16)22(25(34)26(32)35)24(33)17-4-6-21-20(14-17)31(2)11-12-36-21/h3-10,13-14,23,33H,11-12H2,1-2H3,(H,29,30)/b24-22+. The average molecular weight is 482 g/mol. The largest absolute Gasteiger partial charge is 0.507 e. The number of hydrogen-bond acceptors (Lipinski definition) is 7. The molecule has 0 radical (unpaired) electrons. The van der Waals surface area contributed by atoms with Gasteiger partial charge in [0, 0.05) is 25.0 Å². The van der Waals surface area contributed by atoms with Gasteiger partial charge in [-0.25, -0.2) is 4.98 Å². The van der Waals surface area contributed by atoms with E-state index in [2.05, 4.69) is 15.0 Å². The zero-order valence-electron chi connectivity index (χ0n) is 19.7. The molecule has 2 aliphatic heterocycles. The number of carbonyl (C=O) groups is 2. The van der Waals surface area contributed by atoms with Gasteiger partial charge in [0.25, 0.3) is 5.78 Å². The Morgan fingerprint density at radius 1 is 1.11 bits per heavy atom. The Morgan fingerprint density at radius 3 is 2.72 bits per heavy atom. The lowest BCUT2D eigenvalue weighted by atomic mass is 9.95. The van der Waals surface area contributed by atoms with Gasteiger partial charge >= 0.3 is 5.91 Å². The van der Waals surface area contributed by atoms with E-state index in [1.165, 1.54) is 4.90 Å². The quantitative estimate of drug-likeness (QED) is 0.261. The van der Waals surface area contributed by atoms with Crippen LogP contribution in [0.2, 0.25) is 0 Å². The van der Waals surface area contributed by atoms with Gasteiger partial charge < -0.3 is 19.7 Å². The number of hydrogen-bond donors (Lipinski definition) is 2. The molecule has 0 aliphatic carbocycles. The molecule has 0 saturated carbocycles. The van der Waals surface area contributed by atoms with Crippen LogP contribution in [-0.2, 0) is 9.59 Å². The lowest BCUT2D eigenvalue weighted by molar-refractivity contribution is -0.132. The van der Waals surface area contributed by atoms with Crippen molar-refractivity contribution in [3.8, 4) is 5.75 Å². The van der Waals surface area contributed by atoms with E-state index in [1.54, 1.807) is 42.7 Å². The first kappa shape index (κ1) is 21.8. The summed E-state index contributed by atoms with van der Waals surface area (Å²) in [6, 6.07) is 13.5. The number of benzene rings is 2. The SMILES string of the molecule is Cc1ccc2nc(N3C(=O)C(=O)/C(=C(/O)c4ccc5c(c4)N(C)CCO5)C3c3ccncc3)[nH]c2c1. The van der Waals surface area contributed by atoms with Crippen molar-refractivity contribution in [3.05, 3.63) is 83.2 Å². The van der Waals surface area contributed by atoms with E-state index in [9.17, 15) is 14.7 Å². The third-order valence-corrected chi connectivity index (χ3v) is 6.65. The van der Waals surface area contributed by atoms with E-state index < -0.39 is 17.7 Å². The van der Waals surface area contributed by atoms with Gasteiger partial charge in [0.1, 0.15) is 18.1 Å². The second kappa shape index (κ2) is 8.23. The van der Waals surface area contributed by atoms with Crippen LogP contribution in [0.4, 0.5) is 11.6 Å². The van der Waals surface area contributed by atoms with Crippen LogP contribution in [0.15, 0.2) is 66.5 Å². The molecule has 0 bridgehead atoms. The van der Waals surface area contributed by atoms with Crippen molar-refractivity contribution in [2.45, 2.75) is 13.0 Å². The maximum Gasteiger partial charge on any atom is 0.302 e. The maximum atomic E-state index is 13.4. The molecule has 1 unspecified atom stereocenters. The number of anilines is 2. The highest BCUT2D eigenvalue weighted by molar-refractivity contribution is 6.51. The van der Waals surface area contributed by atoms with Gasteiger partial charge in [-0.3, -0.25) is 19.5 Å². The van der Waals surface area contributed by atoms with Crippen molar-refractivity contribution >= 4 is 40.1 Å². The van der Waals surface area contributed by atoms with Crippen molar-refractivity contribution in [1.82, 2.24) is 15.0 Å². The fourth-order valence-electron chi connectivity index (χ4n) is 4.79. The van der Waals surface area contributed by atoms with Crippen LogP contribution in [-0.4, -0.2) is 51.9 Å². The second-order valence-electron chi connectivity index (χ2n) is 8.98. The predicted molar refractivity (Wildman–Crippen MR) is 135 cm³/mol. The first-order valence-electron chi connectivity index (χ1n) is 11.6. The Labute approximate surface area is 206 Å². The van der Waals surface area contributed by atoms with E-state index >= 15 is 0 Å². The molecule has 1 fully saturated rings. The predicted octanol–water partition coefficient (Wildman–Crippen LogP) is 3.72. The fourth-order valence-corrected chi connectivity index (χ4v) is 4.79. The molecule has 2 aliphatic rings. The van der Waals surface area contributed by atoms with Gasteiger partial charge in [0.2, 0.25) is 5.95 Å².